The number of amides is 1. The molecule has 1 fully saturated rings. The molecular weight excluding hydrogens is 190 g/mol. The van der Waals surface area contributed by atoms with E-state index >= 15 is 0 Å². The van der Waals surface area contributed by atoms with Gasteiger partial charge in [-0.3, -0.25) is 4.79 Å². The largest absolute Gasteiger partial charge is 0.370 e. The number of nitrogens with one attached hydrogen (secondary N) is 1. The average molecular weight is 201 g/mol. The summed E-state index contributed by atoms with van der Waals surface area (Å²) in [5.74, 6) is -4.35. The van der Waals surface area contributed by atoms with Crippen molar-refractivity contribution in [3.8, 4) is 0 Å². The Hall–Kier alpha value is -0.420. The summed E-state index contributed by atoms with van der Waals surface area (Å²) in [4.78, 5) is 10.3. The minimum absolute atomic E-state index is 0. The van der Waals surface area contributed by atoms with Crippen molar-refractivity contribution in [2.75, 3.05) is 13.1 Å². The van der Waals surface area contributed by atoms with Crippen LogP contribution in [0.25, 0.3) is 0 Å². The standard InChI is InChI=1S/C6H10F2N2O.ClH/c7-6(8)3-10-2-4(6)1-5(9)11;/h4,10H,1-3H2,(H2,9,11);1H. The molecule has 3 nitrogen and oxygen atoms in total. The summed E-state index contributed by atoms with van der Waals surface area (Å²) < 4.78 is 25.4. The Morgan fingerprint density at radius 3 is 2.58 bits per heavy atom. The molecule has 3 N–H and O–H groups in total. The molecule has 1 unspecified atom stereocenters. The van der Waals surface area contributed by atoms with Crippen LogP contribution in [0.2, 0.25) is 0 Å². The summed E-state index contributed by atoms with van der Waals surface area (Å²) in [5, 5.41) is 2.51. The van der Waals surface area contributed by atoms with Crippen LogP contribution in [0.3, 0.4) is 0 Å². The minimum Gasteiger partial charge on any atom is -0.370 e. The van der Waals surface area contributed by atoms with Crippen LogP contribution in [0.5, 0.6) is 0 Å². The maximum absolute atomic E-state index is 12.7. The molecule has 0 spiro atoms. The zero-order valence-corrected chi connectivity index (χ0v) is 7.16. The zero-order chi connectivity index (χ0) is 8.48. The van der Waals surface area contributed by atoms with Crippen LogP contribution in [0.15, 0.2) is 0 Å². The number of halogens is 3. The van der Waals surface area contributed by atoms with Gasteiger partial charge in [0.15, 0.2) is 0 Å². The first-order chi connectivity index (χ1) is 5.02. The smallest absolute Gasteiger partial charge is 0.264 e. The fourth-order valence-corrected chi connectivity index (χ4v) is 1.17. The van der Waals surface area contributed by atoms with Crippen LogP contribution in [0.1, 0.15) is 6.42 Å². The second kappa shape index (κ2) is 4.00. The van der Waals surface area contributed by atoms with Crippen molar-refractivity contribution >= 4 is 18.3 Å². The summed E-state index contributed by atoms with van der Waals surface area (Å²) >= 11 is 0. The molecule has 0 aromatic heterocycles. The van der Waals surface area contributed by atoms with Crippen LogP contribution in [0.4, 0.5) is 8.78 Å². The first-order valence-electron chi connectivity index (χ1n) is 3.39. The van der Waals surface area contributed by atoms with Crippen molar-refractivity contribution in [2.45, 2.75) is 12.3 Å². The molecule has 1 saturated heterocycles. The molecule has 6 heteroatoms. The van der Waals surface area contributed by atoms with Crippen LogP contribution in [-0.4, -0.2) is 24.9 Å². The fourth-order valence-electron chi connectivity index (χ4n) is 1.17. The number of hydrogen-bond donors (Lipinski definition) is 2. The zero-order valence-electron chi connectivity index (χ0n) is 6.35. The van der Waals surface area contributed by atoms with Gasteiger partial charge in [0.1, 0.15) is 0 Å². The Labute approximate surface area is 75.1 Å². The Bertz CT molecular complexity index is 177. The van der Waals surface area contributed by atoms with Crippen molar-refractivity contribution in [3.63, 3.8) is 0 Å². The Kier molecular flexibility index (Phi) is 3.86. The highest BCUT2D eigenvalue weighted by Crippen LogP contribution is 2.29. The van der Waals surface area contributed by atoms with Gasteiger partial charge in [0.2, 0.25) is 5.91 Å². The number of carbonyl (C=O) groups is 1. The van der Waals surface area contributed by atoms with Gasteiger partial charge in [-0.05, 0) is 0 Å². The van der Waals surface area contributed by atoms with Gasteiger partial charge in [-0.15, -0.1) is 12.4 Å². The summed E-state index contributed by atoms with van der Waals surface area (Å²) in [7, 11) is 0. The van der Waals surface area contributed by atoms with Crippen molar-refractivity contribution in [1.29, 1.82) is 0 Å². The molecule has 0 saturated carbocycles. The minimum atomic E-state index is -2.77. The van der Waals surface area contributed by atoms with Gasteiger partial charge in [0.25, 0.3) is 5.92 Å². The van der Waals surface area contributed by atoms with Crippen LogP contribution in [0, 0.1) is 5.92 Å². The van der Waals surface area contributed by atoms with Crippen molar-refractivity contribution in [2.24, 2.45) is 11.7 Å². The molecule has 0 radical (unpaired) electrons. The summed E-state index contributed by atoms with van der Waals surface area (Å²) in [6, 6.07) is 0. The third-order valence-corrected chi connectivity index (χ3v) is 1.80. The quantitative estimate of drug-likeness (QED) is 0.666. The van der Waals surface area contributed by atoms with E-state index in [-0.39, 0.29) is 31.9 Å². The van der Waals surface area contributed by atoms with Gasteiger partial charge in [-0.25, -0.2) is 8.78 Å². The number of rotatable bonds is 2. The van der Waals surface area contributed by atoms with E-state index in [1.807, 2.05) is 0 Å². The molecule has 12 heavy (non-hydrogen) atoms. The molecule has 0 bridgehead atoms. The Morgan fingerprint density at radius 1 is 1.67 bits per heavy atom. The van der Waals surface area contributed by atoms with E-state index in [4.69, 9.17) is 5.73 Å². The number of hydrogen-bond acceptors (Lipinski definition) is 2. The lowest BCUT2D eigenvalue weighted by atomic mass is 10.0. The monoisotopic (exact) mass is 200 g/mol. The number of carbonyl (C=O) groups excluding carboxylic acids is 1. The molecule has 1 aliphatic heterocycles. The van der Waals surface area contributed by atoms with Crippen molar-refractivity contribution in [3.05, 3.63) is 0 Å². The lowest BCUT2D eigenvalue weighted by molar-refractivity contribution is -0.121. The highest BCUT2D eigenvalue weighted by Gasteiger charge is 2.44. The predicted molar refractivity (Wildman–Crippen MR) is 42.4 cm³/mol. The van der Waals surface area contributed by atoms with Gasteiger partial charge in [0.05, 0.1) is 6.54 Å². The maximum Gasteiger partial charge on any atom is 0.264 e. The van der Waals surface area contributed by atoms with E-state index < -0.39 is 17.7 Å². The lowest BCUT2D eigenvalue weighted by Crippen LogP contribution is -2.30. The van der Waals surface area contributed by atoms with Crippen molar-refractivity contribution < 1.29 is 13.6 Å². The molecule has 1 aliphatic rings. The van der Waals surface area contributed by atoms with E-state index in [1.165, 1.54) is 0 Å². The molecule has 1 heterocycles. The SMILES string of the molecule is Cl.NC(=O)CC1CNCC1(F)F. The summed E-state index contributed by atoms with van der Waals surface area (Å²) in [6.45, 7) is -0.166. The second-order valence-electron chi connectivity index (χ2n) is 2.76. The van der Waals surface area contributed by atoms with E-state index in [0.717, 1.165) is 0 Å². The molecular formula is C6H11ClF2N2O. The number of alkyl halides is 2. The normalized spacial score (nSPS) is 26.3. The van der Waals surface area contributed by atoms with Gasteiger partial charge in [0, 0.05) is 18.9 Å². The molecule has 1 rings (SSSR count). The van der Waals surface area contributed by atoms with Gasteiger partial charge in [-0.2, -0.15) is 0 Å². The lowest BCUT2D eigenvalue weighted by Gasteiger charge is -2.15. The predicted octanol–water partition coefficient (Wildman–Crippen LogP) is 0.138. The van der Waals surface area contributed by atoms with Crippen LogP contribution < -0.4 is 11.1 Å². The molecule has 1 amide bonds. The second-order valence-corrected chi connectivity index (χ2v) is 2.76. The van der Waals surface area contributed by atoms with Gasteiger partial charge >= 0.3 is 0 Å². The Balaban J connectivity index is 0.00000121. The first-order valence-corrected chi connectivity index (χ1v) is 3.39. The van der Waals surface area contributed by atoms with E-state index in [0.29, 0.717) is 0 Å². The molecule has 0 aromatic carbocycles. The Morgan fingerprint density at radius 2 is 2.25 bits per heavy atom. The molecule has 0 aromatic rings. The van der Waals surface area contributed by atoms with Gasteiger partial charge in [-0.1, -0.05) is 0 Å². The summed E-state index contributed by atoms with van der Waals surface area (Å²) in [5.41, 5.74) is 4.79. The van der Waals surface area contributed by atoms with E-state index in [2.05, 4.69) is 5.32 Å². The van der Waals surface area contributed by atoms with Crippen molar-refractivity contribution in [1.82, 2.24) is 5.32 Å². The maximum atomic E-state index is 12.7. The van der Waals surface area contributed by atoms with Gasteiger partial charge < -0.3 is 11.1 Å². The topological polar surface area (TPSA) is 55.1 Å². The fraction of sp³-hybridized carbons (Fsp3) is 0.833. The van der Waals surface area contributed by atoms with Crippen LogP contribution >= 0.6 is 12.4 Å². The number of primary amides is 1. The van der Waals surface area contributed by atoms with E-state index in [1.54, 1.807) is 0 Å². The first kappa shape index (κ1) is 11.6. The number of nitrogens with two attached hydrogens (primary N) is 1. The highest BCUT2D eigenvalue weighted by molar-refractivity contribution is 5.85. The van der Waals surface area contributed by atoms with E-state index in [9.17, 15) is 13.6 Å². The van der Waals surface area contributed by atoms with Crippen LogP contribution in [-0.2, 0) is 4.79 Å². The highest BCUT2D eigenvalue weighted by atomic mass is 35.5. The molecule has 0 aliphatic carbocycles. The summed E-state index contributed by atoms with van der Waals surface area (Å²) in [6.07, 6.45) is -0.236. The molecule has 1 atom stereocenters. The average Bonchev–Trinajstić information content (AvgIpc) is 2.10. The third kappa shape index (κ3) is 2.57. The third-order valence-electron chi connectivity index (χ3n) is 1.80. The molecule has 72 valence electrons.